The Balaban J connectivity index is 2.72. The van der Waals surface area contributed by atoms with Gasteiger partial charge in [0.05, 0.1) is 17.5 Å². The lowest BCUT2D eigenvalue weighted by atomic mass is 10.1. The highest BCUT2D eigenvalue weighted by Crippen LogP contribution is 2.23. The van der Waals surface area contributed by atoms with E-state index in [9.17, 15) is 8.42 Å². The van der Waals surface area contributed by atoms with Gasteiger partial charge in [-0.05, 0) is 33.7 Å². The van der Waals surface area contributed by atoms with Crippen molar-refractivity contribution < 1.29 is 13.2 Å². The third kappa shape index (κ3) is 3.69. The average Bonchev–Trinajstić information content (AvgIpc) is 2.11. The van der Waals surface area contributed by atoms with E-state index in [1.165, 1.54) is 4.31 Å². The number of ether oxygens (including phenoxy) is 1. The first-order valence-corrected chi connectivity index (χ1v) is 7.23. The summed E-state index contributed by atoms with van der Waals surface area (Å²) in [6.45, 7) is 6.98. The lowest BCUT2D eigenvalue weighted by Crippen LogP contribution is -2.54. The molecular weight excluding hydrogens is 228 g/mol. The zero-order chi connectivity index (χ0) is 12.4. The standard InChI is InChI=1S/C10H22N2O3S/c1-9-7-12(8-10(2,3)15-9)16(13,14)6-4-5-11/h9H,4-8,11H2,1-3H3. The summed E-state index contributed by atoms with van der Waals surface area (Å²) in [5.74, 6) is 0.131. The molecule has 1 unspecified atom stereocenters. The van der Waals surface area contributed by atoms with Gasteiger partial charge in [-0.15, -0.1) is 0 Å². The Morgan fingerprint density at radius 3 is 2.62 bits per heavy atom. The molecule has 0 aliphatic carbocycles. The van der Waals surface area contributed by atoms with Crippen LogP contribution in [0.25, 0.3) is 0 Å². The molecule has 1 atom stereocenters. The van der Waals surface area contributed by atoms with E-state index in [4.69, 9.17) is 10.5 Å². The number of hydrogen-bond donors (Lipinski definition) is 1. The molecule has 5 nitrogen and oxygen atoms in total. The molecule has 96 valence electrons. The van der Waals surface area contributed by atoms with E-state index in [2.05, 4.69) is 0 Å². The van der Waals surface area contributed by atoms with Crippen molar-refractivity contribution in [1.29, 1.82) is 0 Å². The van der Waals surface area contributed by atoms with Crippen LogP contribution in [0.3, 0.4) is 0 Å². The molecule has 1 saturated heterocycles. The lowest BCUT2D eigenvalue weighted by molar-refractivity contribution is -0.109. The minimum atomic E-state index is -3.18. The molecule has 0 bridgehead atoms. The van der Waals surface area contributed by atoms with Gasteiger partial charge in [0.15, 0.2) is 0 Å². The SMILES string of the molecule is CC1CN(S(=O)(=O)CCCN)CC(C)(C)O1. The average molecular weight is 250 g/mol. The van der Waals surface area contributed by atoms with Gasteiger partial charge in [-0.25, -0.2) is 8.42 Å². The molecule has 0 saturated carbocycles. The molecule has 0 aromatic carbocycles. The molecule has 1 heterocycles. The Bertz CT molecular complexity index is 327. The zero-order valence-electron chi connectivity index (χ0n) is 10.3. The van der Waals surface area contributed by atoms with Crippen molar-refractivity contribution in [3.8, 4) is 0 Å². The maximum atomic E-state index is 12.0. The highest BCUT2D eigenvalue weighted by Gasteiger charge is 2.36. The summed E-state index contributed by atoms with van der Waals surface area (Å²) in [5, 5.41) is 0. The Morgan fingerprint density at radius 1 is 1.50 bits per heavy atom. The fraction of sp³-hybridized carbons (Fsp3) is 1.00. The fourth-order valence-corrected chi connectivity index (χ4v) is 3.74. The van der Waals surface area contributed by atoms with E-state index in [-0.39, 0.29) is 11.9 Å². The number of morpholine rings is 1. The molecule has 0 radical (unpaired) electrons. The first kappa shape index (κ1) is 13.9. The predicted octanol–water partition coefficient (Wildman–Crippen LogP) is 0.164. The van der Waals surface area contributed by atoms with Crippen LogP contribution in [0.4, 0.5) is 0 Å². The highest BCUT2D eigenvalue weighted by molar-refractivity contribution is 7.89. The smallest absolute Gasteiger partial charge is 0.214 e. The zero-order valence-corrected chi connectivity index (χ0v) is 11.1. The normalized spacial score (nSPS) is 26.9. The van der Waals surface area contributed by atoms with E-state index < -0.39 is 15.6 Å². The van der Waals surface area contributed by atoms with Gasteiger partial charge in [-0.3, -0.25) is 0 Å². The van der Waals surface area contributed by atoms with E-state index in [1.807, 2.05) is 20.8 Å². The van der Waals surface area contributed by atoms with Gasteiger partial charge in [0.1, 0.15) is 0 Å². The first-order valence-electron chi connectivity index (χ1n) is 5.62. The van der Waals surface area contributed by atoms with Crippen molar-refractivity contribution in [3.05, 3.63) is 0 Å². The van der Waals surface area contributed by atoms with Crippen LogP contribution in [0.2, 0.25) is 0 Å². The van der Waals surface area contributed by atoms with Crippen molar-refractivity contribution >= 4 is 10.0 Å². The molecule has 1 aliphatic rings. The molecular formula is C10H22N2O3S. The molecule has 1 aliphatic heterocycles. The lowest BCUT2D eigenvalue weighted by Gasteiger charge is -2.40. The fourth-order valence-electron chi connectivity index (χ4n) is 2.00. The van der Waals surface area contributed by atoms with Crippen molar-refractivity contribution in [3.63, 3.8) is 0 Å². The Hall–Kier alpha value is -0.170. The molecule has 16 heavy (non-hydrogen) atoms. The maximum absolute atomic E-state index is 12.0. The van der Waals surface area contributed by atoms with Gasteiger partial charge in [-0.2, -0.15) is 4.31 Å². The summed E-state index contributed by atoms with van der Waals surface area (Å²) >= 11 is 0. The molecule has 0 aromatic rings. The molecule has 0 spiro atoms. The summed E-state index contributed by atoms with van der Waals surface area (Å²) in [6, 6.07) is 0. The van der Waals surface area contributed by atoms with Crippen LogP contribution in [-0.2, 0) is 14.8 Å². The van der Waals surface area contributed by atoms with Gasteiger partial charge in [-0.1, -0.05) is 0 Å². The van der Waals surface area contributed by atoms with E-state index in [1.54, 1.807) is 0 Å². The van der Waals surface area contributed by atoms with Crippen LogP contribution in [0, 0.1) is 0 Å². The molecule has 0 aromatic heterocycles. The van der Waals surface area contributed by atoms with Crippen LogP contribution in [0.1, 0.15) is 27.2 Å². The first-order chi connectivity index (χ1) is 7.27. The molecule has 6 heteroatoms. The van der Waals surface area contributed by atoms with E-state index in [0.29, 0.717) is 26.1 Å². The number of rotatable bonds is 4. The van der Waals surface area contributed by atoms with Crippen molar-refractivity contribution in [2.75, 3.05) is 25.4 Å². The second-order valence-electron chi connectivity index (χ2n) is 4.94. The molecule has 0 amide bonds. The van der Waals surface area contributed by atoms with Crippen LogP contribution in [0.15, 0.2) is 0 Å². The van der Waals surface area contributed by atoms with Crippen LogP contribution in [-0.4, -0.2) is 49.8 Å². The van der Waals surface area contributed by atoms with Gasteiger partial charge < -0.3 is 10.5 Å². The largest absolute Gasteiger partial charge is 0.370 e. The summed E-state index contributed by atoms with van der Waals surface area (Å²) in [5.41, 5.74) is 4.93. The number of nitrogens with zero attached hydrogens (tertiary/aromatic N) is 1. The molecule has 2 N–H and O–H groups in total. The van der Waals surface area contributed by atoms with Crippen LogP contribution < -0.4 is 5.73 Å². The molecule has 1 rings (SSSR count). The number of nitrogens with two attached hydrogens (primary N) is 1. The van der Waals surface area contributed by atoms with Crippen LogP contribution >= 0.6 is 0 Å². The van der Waals surface area contributed by atoms with Gasteiger partial charge >= 0.3 is 0 Å². The third-order valence-electron chi connectivity index (χ3n) is 2.54. The Morgan fingerprint density at radius 2 is 2.12 bits per heavy atom. The van der Waals surface area contributed by atoms with Crippen molar-refractivity contribution in [1.82, 2.24) is 4.31 Å². The minimum Gasteiger partial charge on any atom is -0.370 e. The highest BCUT2D eigenvalue weighted by atomic mass is 32.2. The monoisotopic (exact) mass is 250 g/mol. The summed E-state index contributed by atoms with van der Waals surface area (Å²) < 4.78 is 31.2. The van der Waals surface area contributed by atoms with Gasteiger partial charge in [0, 0.05) is 13.1 Å². The summed E-state index contributed by atoms with van der Waals surface area (Å²) in [4.78, 5) is 0. The number of sulfonamides is 1. The Labute approximate surface area is 98.0 Å². The van der Waals surface area contributed by atoms with E-state index >= 15 is 0 Å². The topological polar surface area (TPSA) is 72.6 Å². The summed E-state index contributed by atoms with van der Waals surface area (Å²) in [6.07, 6.45) is 0.450. The van der Waals surface area contributed by atoms with E-state index in [0.717, 1.165) is 0 Å². The number of hydrogen-bond acceptors (Lipinski definition) is 4. The molecule has 1 fully saturated rings. The Kier molecular flexibility index (Phi) is 4.34. The predicted molar refractivity (Wildman–Crippen MR) is 63.7 cm³/mol. The van der Waals surface area contributed by atoms with Gasteiger partial charge in [0.25, 0.3) is 0 Å². The third-order valence-corrected chi connectivity index (χ3v) is 4.41. The second-order valence-corrected chi connectivity index (χ2v) is 7.03. The summed E-state index contributed by atoms with van der Waals surface area (Å²) in [7, 11) is -3.18. The maximum Gasteiger partial charge on any atom is 0.214 e. The quantitative estimate of drug-likeness (QED) is 0.771. The minimum absolute atomic E-state index is 0.0589. The van der Waals surface area contributed by atoms with Crippen LogP contribution in [0.5, 0.6) is 0 Å². The van der Waals surface area contributed by atoms with Gasteiger partial charge in [0.2, 0.25) is 10.0 Å². The van der Waals surface area contributed by atoms with Crippen molar-refractivity contribution in [2.24, 2.45) is 5.73 Å². The second kappa shape index (κ2) is 5.00. The van der Waals surface area contributed by atoms with Crippen molar-refractivity contribution in [2.45, 2.75) is 38.9 Å².